The second-order valence-corrected chi connectivity index (χ2v) is 6.53. The number of halogens is 1. The van der Waals surface area contributed by atoms with Crippen LogP contribution in [0.5, 0.6) is 0 Å². The third-order valence-corrected chi connectivity index (χ3v) is 4.41. The summed E-state index contributed by atoms with van der Waals surface area (Å²) < 4.78 is 18.9. The van der Waals surface area contributed by atoms with Crippen molar-refractivity contribution in [1.29, 1.82) is 0 Å². The van der Waals surface area contributed by atoms with Crippen molar-refractivity contribution in [1.82, 2.24) is 15.0 Å². The molecule has 23 heavy (non-hydrogen) atoms. The first kappa shape index (κ1) is 15.7. The summed E-state index contributed by atoms with van der Waals surface area (Å²) in [6.45, 7) is 4.40. The maximum atomic E-state index is 13.8. The van der Waals surface area contributed by atoms with E-state index in [1.807, 2.05) is 13.8 Å². The largest absolute Gasteiger partial charge is 0.334 e. The average Bonchev–Trinajstić information content (AvgIpc) is 3.17. The molecule has 1 aromatic carbocycles. The van der Waals surface area contributed by atoms with E-state index < -0.39 is 5.82 Å². The molecule has 0 radical (unpaired) electrons. The number of benzene rings is 1. The molecular formula is C16H16FN3O2S. The van der Waals surface area contributed by atoms with Crippen LogP contribution in [0, 0.1) is 11.7 Å². The molecule has 0 N–H and O–H groups in total. The van der Waals surface area contributed by atoms with Crippen LogP contribution in [-0.4, -0.2) is 33.2 Å². The van der Waals surface area contributed by atoms with Crippen LogP contribution in [-0.2, 0) is 4.79 Å². The Kier molecular flexibility index (Phi) is 4.47. The first-order valence-electron chi connectivity index (χ1n) is 7.30. The molecule has 5 nitrogen and oxygen atoms in total. The van der Waals surface area contributed by atoms with E-state index in [1.54, 1.807) is 40.9 Å². The van der Waals surface area contributed by atoms with Crippen molar-refractivity contribution in [2.75, 3.05) is 12.3 Å². The smallest absolute Gasteiger partial charge is 0.253 e. The minimum absolute atomic E-state index is 0.0649. The fourth-order valence-electron chi connectivity index (χ4n) is 2.23. The molecular weight excluding hydrogens is 317 g/mol. The van der Waals surface area contributed by atoms with Crippen LogP contribution in [0.3, 0.4) is 0 Å². The summed E-state index contributed by atoms with van der Waals surface area (Å²) in [6.07, 6.45) is 1.68. The second kappa shape index (κ2) is 6.54. The maximum absolute atomic E-state index is 13.8. The predicted molar refractivity (Wildman–Crippen MR) is 86.7 cm³/mol. The fourth-order valence-corrected chi connectivity index (χ4v) is 3.24. The summed E-state index contributed by atoms with van der Waals surface area (Å²) in [7, 11) is 0. The molecule has 0 saturated carbocycles. The number of rotatable bonds is 3. The van der Waals surface area contributed by atoms with Crippen LogP contribution < -0.4 is 0 Å². The minimum atomic E-state index is -0.403. The van der Waals surface area contributed by atoms with Crippen LogP contribution in [0.1, 0.15) is 19.7 Å². The van der Waals surface area contributed by atoms with Crippen LogP contribution in [0.25, 0.3) is 17.5 Å². The summed E-state index contributed by atoms with van der Waals surface area (Å²) in [4.78, 5) is 18.1. The Morgan fingerprint density at radius 3 is 2.96 bits per heavy atom. The Bertz CT molecular complexity index is 757. The molecule has 1 amide bonds. The van der Waals surface area contributed by atoms with Gasteiger partial charge in [-0.05, 0) is 12.1 Å². The molecule has 1 aromatic heterocycles. The van der Waals surface area contributed by atoms with E-state index in [0.29, 0.717) is 6.54 Å². The maximum Gasteiger partial charge on any atom is 0.253 e. The van der Waals surface area contributed by atoms with Gasteiger partial charge in [0.05, 0.1) is 10.6 Å². The molecule has 2 aromatic rings. The van der Waals surface area contributed by atoms with Gasteiger partial charge in [-0.2, -0.15) is 4.98 Å². The molecule has 0 spiro atoms. The van der Waals surface area contributed by atoms with Gasteiger partial charge >= 0.3 is 0 Å². The van der Waals surface area contributed by atoms with Crippen molar-refractivity contribution < 1.29 is 13.7 Å². The Balaban J connectivity index is 1.86. The highest BCUT2D eigenvalue weighted by molar-refractivity contribution is 8.03. The molecule has 0 bridgehead atoms. The van der Waals surface area contributed by atoms with Crippen molar-refractivity contribution in [3.63, 3.8) is 0 Å². The normalized spacial score (nSPS) is 16.5. The van der Waals surface area contributed by atoms with E-state index in [0.717, 1.165) is 10.8 Å². The van der Waals surface area contributed by atoms with Gasteiger partial charge < -0.3 is 9.42 Å². The highest BCUT2D eigenvalue weighted by Crippen LogP contribution is 2.31. The average molecular weight is 333 g/mol. The predicted octanol–water partition coefficient (Wildman–Crippen LogP) is 3.41. The van der Waals surface area contributed by atoms with Crippen LogP contribution in [0.4, 0.5) is 4.39 Å². The lowest BCUT2D eigenvalue weighted by molar-refractivity contribution is -0.131. The zero-order valence-corrected chi connectivity index (χ0v) is 13.6. The number of nitrogens with zero attached hydrogens (tertiary/aromatic N) is 3. The van der Waals surface area contributed by atoms with Gasteiger partial charge in [-0.15, -0.1) is 11.8 Å². The van der Waals surface area contributed by atoms with Crippen LogP contribution >= 0.6 is 11.8 Å². The molecule has 2 heterocycles. The third kappa shape index (κ3) is 3.29. The molecule has 0 unspecified atom stereocenters. The molecule has 1 saturated heterocycles. The zero-order valence-electron chi connectivity index (χ0n) is 12.8. The Morgan fingerprint density at radius 2 is 2.22 bits per heavy atom. The standard InChI is InChI=1S/C16H16FN3O2S/c1-10(2)16(21)20-7-8-23-14(20)9-13-18-15(19-22-13)11-5-3-4-6-12(11)17/h3-6,9-10H,7-8H2,1-2H3/b14-9+. The molecule has 7 heteroatoms. The number of thioether (sulfide) groups is 1. The Morgan fingerprint density at radius 1 is 1.43 bits per heavy atom. The number of carbonyl (C=O) groups is 1. The van der Waals surface area contributed by atoms with Gasteiger partial charge in [-0.1, -0.05) is 31.1 Å². The lowest BCUT2D eigenvalue weighted by Crippen LogP contribution is -2.30. The first-order valence-corrected chi connectivity index (χ1v) is 8.29. The Hall–Kier alpha value is -2.15. The van der Waals surface area contributed by atoms with Crippen molar-refractivity contribution in [3.8, 4) is 11.4 Å². The van der Waals surface area contributed by atoms with Crippen molar-refractivity contribution in [3.05, 3.63) is 41.0 Å². The van der Waals surface area contributed by atoms with Crippen molar-refractivity contribution in [2.45, 2.75) is 13.8 Å². The summed E-state index contributed by atoms with van der Waals surface area (Å²) in [6, 6.07) is 6.25. The van der Waals surface area contributed by atoms with E-state index >= 15 is 0 Å². The Labute approximate surface area is 137 Å². The fraction of sp³-hybridized carbons (Fsp3) is 0.312. The highest BCUT2D eigenvalue weighted by Gasteiger charge is 2.26. The quantitative estimate of drug-likeness (QED) is 0.861. The number of amides is 1. The highest BCUT2D eigenvalue weighted by atomic mass is 32.2. The van der Waals surface area contributed by atoms with E-state index in [4.69, 9.17) is 4.52 Å². The molecule has 1 aliphatic rings. The number of aromatic nitrogens is 2. The SMILES string of the molecule is CC(C)C(=O)N1CCS/C1=C/c1nc(-c2ccccc2F)no1. The third-order valence-electron chi connectivity index (χ3n) is 3.39. The van der Waals surface area contributed by atoms with Crippen molar-refractivity contribution >= 4 is 23.7 Å². The van der Waals surface area contributed by atoms with Crippen LogP contribution in [0.15, 0.2) is 33.8 Å². The molecule has 1 aliphatic heterocycles. The lowest BCUT2D eigenvalue weighted by Gasteiger charge is -2.18. The monoisotopic (exact) mass is 333 g/mol. The van der Waals surface area contributed by atoms with E-state index in [-0.39, 0.29) is 29.1 Å². The van der Waals surface area contributed by atoms with Gasteiger partial charge in [0.1, 0.15) is 5.82 Å². The van der Waals surface area contributed by atoms with Gasteiger partial charge in [0.15, 0.2) is 0 Å². The summed E-state index contributed by atoms with van der Waals surface area (Å²) in [5.74, 6) is 0.871. The molecule has 0 aliphatic carbocycles. The topological polar surface area (TPSA) is 59.2 Å². The molecule has 120 valence electrons. The summed E-state index contributed by atoms with van der Waals surface area (Å²) >= 11 is 1.56. The summed E-state index contributed by atoms with van der Waals surface area (Å²) in [5.41, 5.74) is 0.287. The number of hydrogen-bond donors (Lipinski definition) is 0. The number of hydrogen-bond acceptors (Lipinski definition) is 5. The first-order chi connectivity index (χ1) is 11.1. The lowest BCUT2D eigenvalue weighted by atomic mass is 10.2. The number of carbonyl (C=O) groups excluding carboxylic acids is 1. The minimum Gasteiger partial charge on any atom is -0.334 e. The van der Waals surface area contributed by atoms with Crippen LogP contribution in [0.2, 0.25) is 0 Å². The van der Waals surface area contributed by atoms with E-state index in [1.165, 1.54) is 6.07 Å². The van der Waals surface area contributed by atoms with E-state index in [9.17, 15) is 9.18 Å². The van der Waals surface area contributed by atoms with Gasteiger partial charge in [-0.25, -0.2) is 4.39 Å². The second-order valence-electron chi connectivity index (χ2n) is 5.41. The van der Waals surface area contributed by atoms with Gasteiger partial charge in [0, 0.05) is 24.3 Å². The summed E-state index contributed by atoms with van der Waals surface area (Å²) in [5, 5.41) is 4.60. The molecule has 3 rings (SSSR count). The van der Waals surface area contributed by atoms with Crippen molar-refractivity contribution in [2.24, 2.45) is 5.92 Å². The van der Waals surface area contributed by atoms with E-state index in [2.05, 4.69) is 10.1 Å². The molecule has 0 atom stereocenters. The van der Waals surface area contributed by atoms with Gasteiger partial charge in [0.25, 0.3) is 5.89 Å². The van der Waals surface area contributed by atoms with Gasteiger partial charge in [0.2, 0.25) is 11.7 Å². The zero-order chi connectivity index (χ0) is 16.4. The van der Waals surface area contributed by atoms with Gasteiger partial charge in [-0.3, -0.25) is 4.79 Å². The molecule has 1 fully saturated rings.